The number of halogens is 2. The smallest absolute Gasteiger partial charge is 0.337 e. The van der Waals surface area contributed by atoms with E-state index < -0.39 is 23.6 Å². The van der Waals surface area contributed by atoms with Crippen molar-refractivity contribution in [3.05, 3.63) is 77.0 Å². The van der Waals surface area contributed by atoms with Crippen molar-refractivity contribution in [1.82, 2.24) is 5.32 Å². The van der Waals surface area contributed by atoms with Crippen molar-refractivity contribution in [3.63, 3.8) is 0 Å². The molecule has 0 fully saturated rings. The fourth-order valence-corrected chi connectivity index (χ4v) is 3.33. The van der Waals surface area contributed by atoms with E-state index in [0.717, 1.165) is 17.8 Å². The predicted molar refractivity (Wildman–Crippen MR) is 98.5 cm³/mol. The number of allylic oxidation sites excluding steroid dienone is 1. The van der Waals surface area contributed by atoms with Crippen molar-refractivity contribution < 1.29 is 18.3 Å². The van der Waals surface area contributed by atoms with Crippen LogP contribution in [0.3, 0.4) is 0 Å². The molecule has 26 heavy (non-hydrogen) atoms. The quantitative estimate of drug-likeness (QED) is 0.653. The van der Waals surface area contributed by atoms with E-state index in [9.17, 15) is 13.6 Å². The molecular weight excluding hydrogens is 358 g/mol. The average molecular weight is 374 g/mol. The fraction of sp³-hybridized carbons (Fsp3) is 0.158. The first-order valence-electron chi connectivity index (χ1n) is 7.83. The molecule has 1 aliphatic heterocycles. The third-order valence-electron chi connectivity index (χ3n) is 4.18. The summed E-state index contributed by atoms with van der Waals surface area (Å²) in [6.07, 6.45) is 0. The number of carbonyl (C=O) groups is 1. The largest absolute Gasteiger partial charge is 0.466 e. The second kappa shape index (κ2) is 7.21. The average Bonchev–Trinajstić information content (AvgIpc) is 2.61. The Bertz CT molecular complexity index is 900. The van der Waals surface area contributed by atoms with Gasteiger partial charge in [-0.1, -0.05) is 24.3 Å². The number of nitrogens with zero attached hydrogens (tertiary/aromatic N) is 1. The first-order chi connectivity index (χ1) is 12.4. The number of hydrogen-bond acceptors (Lipinski definition) is 3. The van der Waals surface area contributed by atoms with Gasteiger partial charge in [-0.05, 0) is 37.3 Å². The van der Waals surface area contributed by atoms with Gasteiger partial charge in [0.05, 0.1) is 18.7 Å². The van der Waals surface area contributed by atoms with E-state index >= 15 is 0 Å². The Morgan fingerprint density at radius 3 is 2.50 bits per heavy atom. The highest BCUT2D eigenvalue weighted by Gasteiger charge is 2.36. The molecule has 0 saturated carbocycles. The normalized spacial score (nSPS) is 17.2. The first kappa shape index (κ1) is 18.0. The summed E-state index contributed by atoms with van der Waals surface area (Å²) in [4.78, 5) is 14.1. The zero-order valence-corrected chi connectivity index (χ0v) is 14.9. The van der Waals surface area contributed by atoms with Gasteiger partial charge in [0.25, 0.3) is 0 Å². The van der Waals surface area contributed by atoms with Crippen LogP contribution in [-0.2, 0) is 9.53 Å². The third-order valence-corrected chi connectivity index (χ3v) is 4.48. The van der Waals surface area contributed by atoms with E-state index in [4.69, 9.17) is 17.0 Å². The van der Waals surface area contributed by atoms with E-state index in [1.54, 1.807) is 11.8 Å². The van der Waals surface area contributed by atoms with E-state index in [1.807, 2.05) is 30.3 Å². The lowest BCUT2D eigenvalue weighted by molar-refractivity contribution is -0.136. The highest BCUT2D eigenvalue weighted by atomic mass is 32.1. The monoisotopic (exact) mass is 374 g/mol. The van der Waals surface area contributed by atoms with Crippen LogP contribution in [0.15, 0.2) is 59.8 Å². The number of ether oxygens (including phenoxy) is 1. The Kier molecular flexibility index (Phi) is 4.99. The minimum Gasteiger partial charge on any atom is -0.466 e. The van der Waals surface area contributed by atoms with Gasteiger partial charge in [0.2, 0.25) is 0 Å². The molecule has 0 unspecified atom stereocenters. The van der Waals surface area contributed by atoms with Crippen molar-refractivity contribution in [3.8, 4) is 0 Å². The number of esters is 1. The molecule has 134 valence electrons. The van der Waals surface area contributed by atoms with Crippen molar-refractivity contribution in [1.29, 1.82) is 0 Å². The van der Waals surface area contributed by atoms with E-state index in [0.29, 0.717) is 10.8 Å². The molecule has 0 aliphatic carbocycles. The summed E-state index contributed by atoms with van der Waals surface area (Å²) in [5, 5.41) is 3.27. The molecule has 0 radical (unpaired) electrons. The summed E-state index contributed by atoms with van der Waals surface area (Å²) in [5.74, 6) is -2.09. The van der Waals surface area contributed by atoms with E-state index in [1.165, 1.54) is 13.2 Å². The summed E-state index contributed by atoms with van der Waals surface area (Å²) >= 11 is 5.44. The van der Waals surface area contributed by atoms with Crippen molar-refractivity contribution in [2.45, 2.75) is 13.0 Å². The number of benzene rings is 2. The molecule has 0 saturated heterocycles. The molecule has 0 aromatic heterocycles. The first-order valence-corrected chi connectivity index (χ1v) is 8.24. The molecule has 3 rings (SSSR count). The molecule has 2 aromatic rings. The summed E-state index contributed by atoms with van der Waals surface area (Å²) in [6, 6.07) is 11.5. The number of rotatable bonds is 3. The number of carbonyl (C=O) groups excluding carboxylic acids is 1. The predicted octanol–water partition coefficient (Wildman–Crippen LogP) is 3.85. The number of hydrogen-bond donors (Lipinski definition) is 1. The van der Waals surface area contributed by atoms with Crippen LogP contribution in [-0.4, -0.2) is 18.2 Å². The van der Waals surface area contributed by atoms with Gasteiger partial charge in [0.1, 0.15) is 11.6 Å². The molecule has 1 heterocycles. The van der Waals surface area contributed by atoms with Gasteiger partial charge in [0, 0.05) is 23.0 Å². The maximum Gasteiger partial charge on any atom is 0.337 e. The second-order valence-electron chi connectivity index (χ2n) is 5.71. The molecule has 1 N–H and O–H groups in total. The molecule has 7 heteroatoms. The number of thiocarbonyl (C=S) groups is 1. The van der Waals surface area contributed by atoms with Gasteiger partial charge in [-0.25, -0.2) is 13.6 Å². The summed E-state index contributed by atoms with van der Waals surface area (Å²) < 4.78 is 32.5. The van der Waals surface area contributed by atoms with Gasteiger partial charge < -0.3 is 10.1 Å². The summed E-state index contributed by atoms with van der Waals surface area (Å²) in [7, 11) is 1.25. The van der Waals surface area contributed by atoms with Crippen LogP contribution in [0.25, 0.3) is 0 Å². The molecule has 1 atom stereocenters. The van der Waals surface area contributed by atoms with Crippen molar-refractivity contribution >= 4 is 29.0 Å². The van der Waals surface area contributed by atoms with Gasteiger partial charge >= 0.3 is 5.97 Å². The van der Waals surface area contributed by atoms with Crippen molar-refractivity contribution in [2.24, 2.45) is 0 Å². The Morgan fingerprint density at radius 1 is 1.19 bits per heavy atom. The second-order valence-corrected chi connectivity index (χ2v) is 6.10. The van der Waals surface area contributed by atoms with Gasteiger partial charge in [0.15, 0.2) is 5.11 Å². The van der Waals surface area contributed by atoms with Crippen LogP contribution in [0.5, 0.6) is 0 Å². The van der Waals surface area contributed by atoms with Crippen molar-refractivity contribution in [2.75, 3.05) is 12.0 Å². The Morgan fingerprint density at radius 2 is 1.88 bits per heavy atom. The molecule has 2 aromatic carbocycles. The summed E-state index contributed by atoms with van der Waals surface area (Å²) in [6.45, 7) is 1.71. The van der Waals surface area contributed by atoms with Crippen LogP contribution in [0.1, 0.15) is 18.5 Å². The van der Waals surface area contributed by atoms with E-state index in [-0.39, 0.29) is 11.1 Å². The molecule has 0 bridgehead atoms. The highest BCUT2D eigenvalue weighted by molar-refractivity contribution is 7.80. The Labute approximate surface area is 155 Å². The van der Waals surface area contributed by atoms with Gasteiger partial charge in [-0.3, -0.25) is 4.90 Å². The zero-order valence-electron chi connectivity index (χ0n) is 14.1. The van der Waals surface area contributed by atoms with Gasteiger partial charge in [-0.15, -0.1) is 0 Å². The van der Waals surface area contributed by atoms with Crippen LogP contribution in [0, 0.1) is 11.6 Å². The minimum atomic E-state index is -0.879. The lowest BCUT2D eigenvalue weighted by Crippen LogP contribution is -2.48. The Hall–Kier alpha value is -2.80. The third kappa shape index (κ3) is 3.17. The maximum absolute atomic E-state index is 14.3. The summed E-state index contributed by atoms with van der Waals surface area (Å²) in [5.41, 5.74) is 1.58. The van der Waals surface area contributed by atoms with Crippen LogP contribution >= 0.6 is 12.2 Å². The van der Waals surface area contributed by atoms with Crippen LogP contribution < -0.4 is 10.2 Å². The van der Waals surface area contributed by atoms with Crippen LogP contribution in [0.4, 0.5) is 14.5 Å². The fourth-order valence-electron chi connectivity index (χ4n) is 2.97. The number of methoxy groups -OCH3 is 1. The number of nitrogens with one attached hydrogen (secondary N) is 1. The molecule has 0 amide bonds. The van der Waals surface area contributed by atoms with E-state index in [2.05, 4.69) is 5.32 Å². The topological polar surface area (TPSA) is 41.6 Å². The minimum absolute atomic E-state index is 0.112. The lowest BCUT2D eigenvalue weighted by atomic mass is 9.94. The number of para-hydroxylation sites is 1. The Balaban J connectivity index is 2.16. The maximum atomic E-state index is 14.3. The molecule has 4 nitrogen and oxygen atoms in total. The molecule has 0 spiro atoms. The molecule has 1 aliphatic rings. The highest BCUT2D eigenvalue weighted by Crippen LogP contribution is 2.35. The van der Waals surface area contributed by atoms with Gasteiger partial charge in [-0.2, -0.15) is 0 Å². The SMILES string of the molecule is COC(=O)C1=C(C)N(c2ccccc2)C(=S)N[C@@H]1c1ccc(F)cc1F. The van der Waals surface area contributed by atoms with Crippen LogP contribution in [0.2, 0.25) is 0 Å². The zero-order chi connectivity index (χ0) is 18.8. The number of anilines is 1. The lowest BCUT2D eigenvalue weighted by Gasteiger charge is -2.37. The molecular formula is C19H16F2N2O2S. The standard InChI is InChI=1S/C19H16F2N2O2S/c1-11-16(18(24)25-2)17(14-9-8-12(20)10-15(14)21)22-19(26)23(11)13-6-4-3-5-7-13/h3-10,17H,1-2H3,(H,22,26)/t17-/m1/s1.